The van der Waals surface area contributed by atoms with Crippen molar-refractivity contribution in [1.29, 1.82) is 0 Å². The lowest BCUT2D eigenvalue weighted by Gasteiger charge is -2.09. The molecule has 4 nitrogen and oxygen atoms in total. The molecule has 0 atom stereocenters. The van der Waals surface area contributed by atoms with Crippen LogP contribution in [0.25, 0.3) is 11.0 Å². The molecule has 0 amide bonds. The van der Waals surface area contributed by atoms with E-state index in [-0.39, 0.29) is 5.78 Å². The number of ketones is 1. The maximum atomic E-state index is 12.4. The summed E-state index contributed by atoms with van der Waals surface area (Å²) in [5, 5.41) is 0. The summed E-state index contributed by atoms with van der Waals surface area (Å²) in [7, 11) is 0. The van der Waals surface area contributed by atoms with E-state index in [4.69, 9.17) is 4.74 Å². The largest absolute Gasteiger partial charge is 0.487 e. The maximum Gasteiger partial charge on any atom is 0.193 e. The summed E-state index contributed by atoms with van der Waals surface area (Å²) in [4.78, 5) is 21.7. The van der Waals surface area contributed by atoms with E-state index in [0.29, 0.717) is 23.5 Å². The number of rotatable bonds is 5. The summed E-state index contributed by atoms with van der Waals surface area (Å²) in [5.41, 5.74) is 4.69. The van der Waals surface area contributed by atoms with Gasteiger partial charge in [0, 0.05) is 11.1 Å². The van der Waals surface area contributed by atoms with Crippen LogP contribution < -0.4 is 4.74 Å². The molecule has 132 valence electrons. The van der Waals surface area contributed by atoms with Crippen LogP contribution in [-0.2, 0) is 6.61 Å². The second-order valence-electron chi connectivity index (χ2n) is 6.25. The molecule has 0 saturated heterocycles. The average molecular weight is 354 g/mol. The van der Waals surface area contributed by atoms with Crippen molar-refractivity contribution in [2.45, 2.75) is 13.5 Å². The Morgan fingerprint density at radius 3 is 2.07 bits per heavy atom. The van der Waals surface area contributed by atoms with Gasteiger partial charge >= 0.3 is 0 Å². The Morgan fingerprint density at radius 1 is 0.778 bits per heavy atom. The SMILES string of the molecule is Cc1nc2ccccc2nc1COc1ccc(C(=O)c2ccccc2)cc1. The Labute approximate surface area is 157 Å². The highest BCUT2D eigenvalue weighted by molar-refractivity contribution is 6.08. The van der Waals surface area contributed by atoms with Crippen LogP contribution in [-0.4, -0.2) is 15.8 Å². The third-order valence-electron chi connectivity index (χ3n) is 4.37. The first kappa shape index (κ1) is 16.9. The number of aromatic nitrogens is 2. The van der Waals surface area contributed by atoms with Crippen LogP contribution in [0.3, 0.4) is 0 Å². The molecular formula is C23H18N2O2. The van der Waals surface area contributed by atoms with Gasteiger partial charge in [-0.3, -0.25) is 4.79 Å². The zero-order valence-corrected chi connectivity index (χ0v) is 14.9. The zero-order chi connectivity index (χ0) is 18.6. The van der Waals surface area contributed by atoms with Crippen molar-refractivity contribution in [3.05, 3.63) is 101 Å². The number of hydrogen-bond acceptors (Lipinski definition) is 4. The molecule has 4 aromatic rings. The van der Waals surface area contributed by atoms with E-state index in [1.165, 1.54) is 0 Å². The topological polar surface area (TPSA) is 52.1 Å². The van der Waals surface area contributed by atoms with E-state index in [1.807, 2.05) is 61.5 Å². The number of carbonyl (C=O) groups is 1. The standard InChI is InChI=1S/C23H18N2O2/c1-16-22(25-21-10-6-5-9-20(21)24-16)15-27-19-13-11-18(12-14-19)23(26)17-7-3-2-4-8-17/h2-14H,15H2,1H3. The average Bonchev–Trinajstić information content (AvgIpc) is 2.73. The fourth-order valence-corrected chi connectivity index (χ4v) is 2.87. The first-order valence-corrected chi connectivity index (χ1v) is 8.75. The van der Waals surface area contributed by atoms with Crippen LogP contribution in [0.4, 0.5) is 0 Å². The first-order chi connectivity index (χ1) is 13.2. The lowest BCUT2D eigenvalue weighted by Crippen LogP contribution is -2.04. The molecule has 27 heavy (non-hydrogen) atoms. The van der Waals surface area contributed by atoms with Gasteiger partial charge < -0.3 is 4.74 Å². The molecule has 0 radical (unpaired) electrons. The van der Waals surface area contributed by atoms with E-state index in [2.05, 4.69) is 9.97 Å². The molecule has 0 spiro atoms. The van der Waals surface area contributed by atoms with E-state index in [9.17, 15) is 4.79 Å². The van der Waals surface area contributed by atoms with Crippen molar-refractivity contribution in [2.75, 3.05) is 0 Å². The second kappa shape index (κ2) is 7.38. The molecule has 1 aromatic heterocycles. The van der Waals surface area contributed by atoms with Gasteiger partial charge in [0.2, 0.25) is 0 Å². The fourth-order valence-electron chi connectivity index (χ4n) is 2.87. The van der Waals surface area contributed by atoms with Crippen LogP contribution >= 0.6 is 0 Å². The van der Waals surface area contributed by atoms with Gasteiger partial charge in [0.25, 0.3) is 0 Å². The first-order valence-electron chi connectivity index (χ1n) is 8.75. The van der Waals surface area contributed by atoms with Crippen LogP contribution in [0.1, 0.15) is 27.3 Å². The molecule has 0 unspecified atom stereocenters. The molecule has 1 heterocycles. The Balaban J connectivity index is 1.48. The van der Waals surface area contributed by atoms with Crippen molar-refractivity contribution in [2.24, 2.45) is 0 Å². The summed E-state index contributed by atoms with van der Waals surface area (Å²) < 4.78 is 5.85. The summed E-state index contributed by atoms with van der Waals surface area (Å²) in [6.07, 6.45) is 0. The van der Waals surface area contributed by atoms with E-state index in [0.717, 1.165) is 22.4 Å². The van der Waals surface area contributed by atoms with Crippen molar-refractivity contribution in [3.63, 3.8) is 0 Å². The number of benzene rings is 3. The molecule has 0 aliphatic carbocycles. The van der Waals surface area contributed by atoms with Crippen molar-refractivity contribution in [1.82, 2.24) is 9.97 Å². The molecule has 0 bridgehead atoms. The molecule has 3 aromatic carbocycles. The van der Waals surface area contributed by atoms with Gasteiger partial charge in [-0.15, -0.1) is 0 Å². The third kappa shape index (κ3) is 3.70. The molecule has 0 aliphatic rings. The maximum absolute atomic E-state index is 12.4. The highest BCUT2D eigenvalue weighted by atomic mass is 16.5. The second-order valence-corrected chi connectivity index (χ2v) is 6.25. The predicted molar refractivity (Wildman–Crippen MR) is 105 cm³/mol. The van der Waals surface area contributed by atoms with E-state index in [1.54, 1.807) is 24.3 Å². The number of aryl methyl sites for hydroxylation is 1. The molecule has 0 aliphatic heterocycles. The highest BCUT2D eigenvalue weighted by Gasteiger charge is 2.09. The normalized spacial score (nSPS) is 10.7. The summed E-state index contributed by atoms with van der Waals surface area (Å²) in [6, 6.07) is 24.2. The zero-order valence-electron chi connectivity index (χ0n) is 14.9. The van der Waals surface area contributed by atoms with Crippen molar-refractivity contribution in [3.8, 4) is 5.75 Å². The minimum absolute atomic E-state index is 0.00149. The fraction of sp³-hybridized carbons (Fsp3) is 0.0870. The summed E-state index contributed by atoms with van der Waals surface area (Å²) in [5.74, 6) is 0.687. The number of ether oxygens (including phenoxy) is 1. The quantitative estimate of drug-likeness (QED) is 0.485. The van der Waals surface area contributed by atoms with E-state index >= 15 is 0 Å². The molecule has 4 rings (SSSR count). The monoisotopic (exact) mass is 354 g/mol. The Kier molecular flexibility index (Phi) is 4.62. The minimum atomic E-state index is -0.00149. The van der Waals surface area contributed by atoms with Crippen LogP contribution in [0.2, 0.25) is 0 Å². The van der Waals surface area contributed by atoms with Gasteiger partial charge in [0.15, 0.2) is 5.78 Å². The Bertz CT molecular complexity index is 1090. The molecule has 0 N–H and O–H groups in total. The number of hydrogen-bond donors (Lipinski definition) is 0. The molecule has 0 saturated carbocycles. The molecule has 0 fully saturated rings. The summed E-state index contributed by atoms with van der Waals surface area (Å²) in [6.45, 7) is 2.26. The van der Waals surface area contributed by atoms with Crippen LogP contribution in [0.5, 0.6) is 5.75 Å². The summed E-state index contributed by atoms with van der Waals surface area (Å²) >= 11 is 0. The van der Waals surface area contributed by atoms with Gasteiger partial charge in [-0.25, -0.2) is 9.97 Å². The van der Waals surface area contributed by atoms with E-state index < -0.39 is 0 Å². The van der Waals surface area contributed by atoms with Gasteiger partial charge in [-0.1, -0.05) is 42.5 Å². The van der Waals surface area contributed by atoms with Crippen LogP contribution in [0, 0.1) is 6.92 Å². The Hall–Kier alpha value is -3.53. The number of carbonyl (C=O) groups excluding carboxylic acids is 1. The number of nitrogens with zero attached hydrogens (tertiary/aromatic N) is 2. The number of para-hydroxylation sites is 2. The predicted octanol–water partition coefficient (Wildman–Crippen LogP) is 4.75. The highest BCUT2D eigenvalue weighted by Crippen LogP contribution is 2.18. The smallest absolute Gasteiger partial charge is 0.193 e. The van der Waals surface area contributed by atoms with Crippen molar-refractivity contribution < 1.29 is 9.53 Å². The third-order valence-corrected chi connectivity index (χ3v) is 4.37. The lowest BCUT2D eigenvalue weighted by atomic mass is 10.0. The van der Waals surface area contributed by atoms with Crippen molar-refractivity contribution >= 4 is 16.8 Å². The minimum Gasteiger partial charge on any atom is -0.487 e. The number of fused-ring (bicyclic) bond motifs is 1. The van der Waals surface area contributed by atoms with Gasteiger partial charge in [0.05, 0.1) is 22.4 Å². The van der Waals surface area contributed by atoms with Crippen LogP contribution in [0.15, 0.2) is 78.9 Å². The van der Waals surface area contributed by atoms with Gasteiger partial charge in [-0.05, 0) is 43.3 Å². The Morgan fingerprint density at radius 2 is 1.37 bits per heavy atom. The van der Waals surface area contributed by atoms with Gasteiger partial charge in [-0.2, -0.15) is 0 Å². The molecular weight excluding hydrogens is 336 g/mol. The lowest BCUT2D eigenvalue weighted by molar-refractivity contribution is 0.103. The van der Waals surface area contributed by atoms with Gasteiger partial charge in [0.1, 0.15) is 12.4 Å². The molecule has 4 heteroatoms.